The second-order valence-electron chi connectivity index (χ2n) is 10.1. The molecular formula is C30H25F10NO3. The molecule has 3 aromatic rings. The van der Waals surface area contributed by atoms with E-state index in [0.717, 1.165) is 32.2 Å². The summed E-state index contributed by atoms with van der Waals surface area (Å²) in [5.74, 6) is -2.96. The quantitative estimate of drug-likeness (QED) is 0.252. The molecule has 2 atom stereocenters. The van der Waals surface area contributed by atoms with Crippen LogP contribution < -0.4 is 4.74 Å². The maximum atomic E-state index is 15.2. The Morgan fingerprint density at radius 1 is 0.909 bits per heavy atom. The zero-order valence-corrected chi connectivity index (χ0v) is 23.2. The number of carbonyl (C=O) groups excluding carboxylic acids is 1. The van der Waals surface area contributed by atoms with Crippen molar-refractivity contribution in [1.29, 1.82) is 0 Å². The van der Waals surface area contributed by atoms with Crippen molar-refractivity contribution >= 4 is 6.09 Å². The van der Waals surface area contributed by atoms with Crippen LogP contribution in [-0.4, -0.2) is 24.1 Å². The van der Waals surface area contributed by atoms with E-state index in [4.69, 9.17) is 13.6 Å². The molecule has 238 valence electrons. The van der Waals surface area contributed by atoms with E-state index in [2.05, 4.69) is 0 Å². The topological polar surface area (TPSA) is 38.8 Å². The van der Waals surface area contributed by atoms with Crippen LogP contribution in [0.25, 0.3) is 11.1 Å². The Labute approximate surface area is 249 Å². The Hall–Kier alpha value is -3.97. The number of amides is 1. The second kappa shape index (κ2) is 11.5. The Kier molecular flexibility index (Phi) is 7.53. The van der Waals surface area contributed by atoms with Crippen molar-refractivity contribution < 1.29 is 62.3 Å². The fourth-order valence-electron chi connectivity index (χ4n) is 4.85. The summed E-state index contributed by atoms with van der Waals surface area (Å²) in [6.07, 6.45) is -19.2. The van der Waals surface area contributed by atoms with Gasteiger partial charge in [-0.25, -0.2) is 9.18 Å². The Bertz CT molecular complexity index is 1670. The summed E-state index contributed by atoms with van der Waals surface area (Å²) in [7, 11) is 1.13. The highest BCUT2D eigenvalue weighted by molar-refractivity contribution is 5.79. The molecule has 3 aromatic carbocycles. The van der Waals surface area contributed by atoms with Gasteiger partial charge in [-0.05, 0) is 72.0 Å². The minimum Gasteiger partial charge on any atom is -0.496 e. The molecule has 4 rings (SSSR count). The van der Waals surface area contributed by atoms with Crippen LogP contribution in [0.3, 0.4) is 0 Å². The van der Waals surface area contributed by atoms with E-state index in [-0.39, 0.29) is 22.3 Å². The zero-order valence-electron chi connectivity index (χ0n) is 26.2. The molecular weight excluding hydrogens is 612 g/mol. The highest BCUT2D eigenvalue weighted by Gasteiger charge is 2.44. The normalized spacial score (nSPS) is 19.4. The van der Waals surface area contributed by atoms with Gasteiger partial charge in [-0.3, -0.25) is 4.90 Å². The van der Waals surface area contributed by atoms with Crippen LogP contribution in [0.4, 0.5) is 48.7 Å². The average molecular weight is 641 g/mol. The third kappa shape index (κ3) is 6.43. The van der Waals surface area contributed by atoms with Crippen molar-refractivity contribution in [3.63, 3.8) is 0 Å². The number of carbonyl (C=O) groups is 1. The summed E-state index contributed by atoms with van der Waals surface area (Å²) in [6, 6.07) is 2.41. The predicted molar refractivity (Wildman–Crippen MR) is 138 cm³/mol. The summed E-state index contributed by atoms with van der Waals surface area (Å²) < 4.78 is 175. The number of cyclic esters (lactones) is 1. The van der Waals surface area contributed by atoms with E-state index in [1.54, 1.807) is 0 Å². The highest BCUT2D eigenvalue weighted by atomic mass is 19.4. The summed E-state index contributed by atoms with van der Waals surface area (Å²) in [5.41, 5.74) is -7.79. The molecule has 0 N–H and O–H groups in total. The maximum absolute atomic E-state index is 15.2. The lowest BCUT2D eigenvalue weighted by Crippen LogP contribution is -2.32. The third-order valence-corrected chi connectivity index (χ3v) is 6.90. The summed E-state index contributed by atoms with van der Waals surface area (Å²) in [4.78, 5) is 13.4. The standard InChI is InChI=1S/C30H25F10NO3/c1-14(2)24-22(31)7-8-23(43-4)25(24)21-6-5-18(28(32,33)34)11-17(21)13-41-15(3)26(44-27(41)42)16-9-19(29(35,36)37)12-20(10-16)30(38,39)40/h5-12,14-15,26H,13H2,1-4H3/t15-,26-/m0/s1/i13D2,14D. The van der Waals surface area contributed by atoms with E-state index in [0.29, 0.717) is 24.3 Å². The third-order valence-electron chi connectivity index (χ3n) is 6.90. The SMILES string of the molecule is [2H]C(C)(C)c1c(F)ccc(OC)c1-c1ccc(C(F)(F)F)cc1C([2H])([2H])N1C(=O)O[C@H](c2cc(C(F)(F)F)cc(C(F)(F)F)c2)[C@@H]1C. The van der Waals surface area contributed by atoms with Crippen LogP contribution >= 0.6 is 0 Å². The minimum atomic E-state index is -5.27. The fourth-order valence-corrected chi connectivity index (χ4v) is 4.85. The van der Waals surface area contributed by atoms with E-state index in [1.165, 1.54) is 13.8 Å². The number of hydrogen-bond acceptors (Lipinski definition) is 3. The van der Waals surface area contributed by atoms with E-state index in [9.17, 15) is 44.3 Å². The number of halogens is 10. The van der Waals surface area contributed by atoms with Gasteiger partial charge in [0.05, 0.1) is 39.1 Å². The van der Waals surface area contributed by atoms with Crippen LogP contribution in [0.2, 0.25) is 0 Å². The number of rotatable bonds is 6. The molecule has 0 aromatic heterocycles. The summed E-state index contributed by atoms with van der Waals surface area (Å²) in [5, 5.41) is 0. The smallest absolute Gasteiger partial charge is 0.416 e. The van der Waals surface area contributed by atoms with Crippen LogP contribution in [0.1, 0.15) is 70.3 Å². The first-order valence-electron chi connectivity index (χ1n) is 14.2. The van der Waals surface area contributed by atoms with Crippen molar-refractivity contribution in [2.45, 2.75) is 63.8 Å². The zero-order chi connectivity index (χ0) is 35.7. The van der Waals surface area contributed by atoms with Gasteiger partial charge in [0.25, 0.3) is 0 Å². The van der Waals surface area contributed by atoms with Gasteiger partial charge in [0.15, 0.2) is 0 Å². The predicted octanol–water partition coefficient (Wildman–Crippen LogP) is 9.76. The molecule has 1 fully saturated rings. The van der Waals surface area contributed by atoms with Crippen LogP contribution in [-0.2, 0) is 29.8 Å². The number of alkyl halides is 9. The monoisotopic (exact) mass is 640 g/mol. The van der Waals surface area contributed by atoms with Gasteiger partial charge in [-0.2, -0.15) is 39.5 Å². The Balaban J connectivity index is 1.97. The van der Waals surface area contributed by atoms with E-state index in [1.807, 2.05) is 0 Å². The maximum Gasteiger partial charge on any atom is 0.416 e. The molecule has 4 nitrogen and oxygen atoms in total. The molecule has 0 aliphatic carbocycles. The molecule has 1 aliphatic rings. The number of benzene rings is 3. The van der Waals surface area contributed by atoms with E-state index >= 15 is 4.39 Å². The fraction of sp³-hybridized carbons (Fsp3) is 0.367. The van der Waals surface area contributed by atoms with Gasteiger partial charge in [-0.15, -0.1) is 0 Å². The lowest BCUT2D eigenvalue weighted by atomic mass is 9.88. The largest absolute Gasteiger partial charge is 0.496 e. The molecule has 0 saturated carbocycles. The highest BCUT2D eigenvalue weighted by Crippen LogP contribution is 2.45. The first kappa shape index (κ1) is 28.8. The van der Waals surface area contributed by atoms with Crippen LogP contribution in [0.5, 0.6) is 5.75 Å². The Morgan fingerprint density at radius 3 is 1.98 bits per heavy atom. The van der Waals surface area contributed by atoms with Crippen molar-refractivity contribution in [1.82, 2.24) is 4.90 Å². The van der Waals surface area contributed by atoms with Crippen molar-refractivity contribution in [3.8, 4) is 16.9 Å². The van der Waals surface area contributed by atoms with Gasteiger partial charge in [0.1, 0.15) is 17.7 Å². The van der Waals surface area contributed by atoms with Crippen LogP contribution in [0, 0.1) is 5.82 Å². The second-order valence-corrected chi connectivity index (χ2v) is 10.1. The molecule has 0 spiro atoms. The number of methoxy groups -OCH3 is 1. The number of hydrogen-bond donors (Lipinski definition) is 0. The first-order valence-corrected chi connectivity index (χ1v) is 12.7. The molecule has 44 heavy (non-hydrogen) atoms. The summed E-state index contributed by atoms with van der Waals surface area (Å²) in [6.45, 7) is 0.190. The number of ether oxygens (including phenoxy) is 2. The molecule has 14 heteroatoms. The molecule has 0 radical (unpaired) electrons. The lowest BCUT2D eigenvalue weighted by molar-refractivity contribution is -0.143. The molecule has 1 aliphatic heterocycles. The van der Waals surface area contributed by atoms with Crippen molar-refractivity contribution in [3.05, 3.63) is 87.7 Å². The van der Waals surface area contributed by atoms with Crippen molar-refractivity contribution in [2.75, 3.05) is 7.11 Å². The molecule has 0 unspecified atom stereocenters. The molecule has 0 bridgehead atoms. The minimum absolute atomic E-state index is 0.158. The lowest BCUT2D eigenvalue weighted by Gasteiger charge is -2.25. The first-order chi connectivity index (χ1) is 21.3. The molecule has 1 heterocycles. The molecule has 1 saturated heterocycles. The average Bonchev–Trinajstić information content (AvgIpc) is 3.24. The van der Waals surface area contributed by atoms with Crippen LogP contribution in [0.15, 0.2) is 48.5 Å². The van der Waals surface area contributed by atoms with Gasteiger partial charge in [0, 0.05) is 12.5 Å². The van der Waals surface area contributed by atoms with Gasteiger partial charge in [0.2, 0.25) is 0 Å². The van der Waals surface area contributed by atoms with Gasteiger partial charge < -0.3 is 9.47 Å². The van der Waals surface area contributed by atoms with Gasteiger partial charge in [-0.1, -0.05) is 19.9 Å². The van der Waals surface area contributed by atoms with E-state index < -0.39 is 93.9 Å². The van der Waals surface area contributed by atoms with Crippen molar-refractivity contribution in [2.24, 2.45) is 0 Å². The number of nitrogens with zero attached hydrogens (tertiary/aromatic N) is 1. The van der Waals surface area contributed by atoms with Gasteiger partial charge >= 0.3 is 24.6 Å². The Morgan fingerprint density at radius 2 is 1.48 bits per heavy atom. The molecule has 1 amide bonds. The summed E-state index contributed by atoms with van der Waals surface area (Å²) >= 11 is 0.